The molecule has 0 radical (unpaired) electrons. The van der Waals surface area contributed by atoms with Gasteiger partial charge in [0.15, 0.2) is 14.8 Å². The van der Waals surface area contributed by atoms with Crippen LogP contribution in [0.25, 0.3) is 0 Å². The SMILES string of the molecule is COc1cc(C(=O)N[S@](=N)(=O)c2c(OC)ccc(C)c2OC)ccc1Cn1cccn1. The van der Waals surface area contributed by atoms with Crippen molar-refractivity contribution in [3.8, 4) is 17.2 Å². The number of methoxy groups -OCH3 is 3. The minimum Gasteiger partial charge on any atom is -0.496 e. The number of benzene rings is 2. The third-order valence-corrected chi connectivity index (χ3v) is 6.10. The van der Waals surface area contributed by atoms with Gasteiger partial charge in [-0.2, -0.15) is 5.10 Å². The summed E-state index contributed by atoms with van der Waals surface area (Å²) in [5, 5.41) is 4.16. The highest BCUT2D eigenvalue weighted by atomic mass is 32.2. The van der Waals surface area contributed by atoms with Gasteiger partial charge in [-0.15, -0.1) is 0 Å². The lowest BCUT2D eigenvalue weighted by Crippen LogP contribution is -2.30. The summed E-state index contributed by atoms with van der Waals surface area (Å²) in [4.78, 5) is 12.8. The first kappa shape index (κ1) is 22.2. The van der Waals surface area contributed by atoms with Crippen molar-refractivity contribution in [3.63, 3.8) is 0 Å². The number of aryl methyl sites for hydroxylation is 1. The van der Waals surface area contributed by atoms with Crippen molar-refractivity contribution in [1.29, 1.82) is 4.78 Å². The second-order valence-corrected chi connectivity index (χ2v) is 8.39. The minimum atomic E-state index is -3.79. The van der Waals surface area contributed by atoms with Gasteiger partial charge in [-0.05, 0) is 36.8 Å². The molecule has 2 N–H and O–H groups in total. The molecule has 31 heavy (non-hydrogen) atoms. The molecule has 2 aromatic carbocycles. The van der Waals surface area contributed by atoms with E-state index in [1.165, 1.54) is 27.4 Å². The third-order valence-electron chi connectivity index (χ3n) is 4.66. The second-order valence-electron chi connectivity index (χ2n) is 6.66. The van der Waals surface area contributed by atoms with E-state index in [1.54, 1.807) is 42.1 Å². The van der Waals surface area contributed by atoms with Crippen LogP contribution in [0.3, 0.4) is 0 Å². The van der Waals surface area contributed by atoms with Crippen LogP contribution in [0.1, 0.15) is 21.5 Å². The number of hydrogen-bond acceptors (Lipinski definition) is 7. The summed E-state index contributed by atoms with van der Waals surface area (Å²) in [6.45, 7) is 2.22. The average molecular weight is 445 g/mol. The molecule has 1 atom stereocenters. The molecule has 3 rings (SSSR count). The Balaban J connectivity index is 1.92. The summed E-state index contributed by atoms with van der Waals surface area (Å²) in [5.41, 5.74) is 1.68. The number of ether oxygens (including phenoxy) is 3. The zero-order valence-corrected chi connectivity index (χ0v) is 18.5. The highest BCUT2D eigenvalue weighted by Crippen LogP contribution is 2.36. The summed E-state index contributed by atoms with van der Waals surface area (Å²) in [6.07, 6.45) is 3.49. The van der Waals surface area contributed by atoms with Crippen LogP contribution in [0, 0.1) is 11.7 Å². The molecule has 164 valence electrons. The van der Waals surface area contributed by atoms with Crippen LogP contribution in [-0.2, 0) is 16.5 Å². The summed E-state index contributed by atoms with van der Waals surface area (Å²) in [6, 6.07) is 9.97. The van der Waals surface area contributed by atoms with E-state index in [4.69, 9.17) is 19.0 Å². The van der Waals surface area contributed by atoms with Crippen LogP contribution in [0.5, 0.6) is 17.2 Å². The van der Waals surface area contributed by atoms with Crippen LogP contribution in [0.2, 0.25) is 0 Å². The highest BCUT2D eigenvalue weighted by molar-refractivity contribution is 7.91. The molecule has 0 aliphatic rings. The van der Waals surface area contributed by atoms with Gasteiger partial charge in [0.2, 0.25) is 0 Å². The van der Waals surface area contributed by atoms with Gasteiger partial charge in [0.1, 0.15) is 17.2 Å². The fourth-order valence-corrected chi connectivity index (χ4v) is 4.58. The van der Waals surface area contributed by atoms with Crippen molar-refractivity contribution in [2.75, 3.05) is 21.3 Å². The molecular formula is C21H24N4O5S. The maximum absolute atomic E-state index is 13.2. The van der Waals surface area contributed by atoms with Crippen molar-refractivity contribution < 1.29 is 23.2 Å². The van der Waals surface area contributed by atoms with E-state index < -0.39 is 15.8 Å². The van der Waals surface area contributed by atoms with Crippen molar-refractivity contribution >= 4 is 15.8 Å². The number of amides is 1. The van der Waals surface area contributed by atoms with Gasteiger partial charge in [0.25, 0.3) is 5.91 Å². The zero-order valence-electron chi connectivity index (χ0n) is 17.7. The van der Waals surface area contributed by atoms with Gasteiger partial charge in [0, 0.05) is 23.5 Å². The molecular weight excluding hydrogens is 420 g/mol. The maximum atomic E-state index is 13.2. The van der Waals surface area contributed by atoms with Crippen molar-refractivity contribution in [3.05, 3.63) is 65.5 Å². The fourth-order valence-electron chi connectivity index (χ4n) is 3.16. The fraction of sp³-hybridized carbons (Fsp3) is 0.238. The normalized spacial score (nSPS) is 12.6. The Kier molecular flexibility index (Phi) is 6.50. The summed E-state index contributed by atoms with van der Waals surface area (Å²) >= 11 is 0. The first-order valence-electron chi connectivity index (χ1n) is 9.27. The quantitative estimate of drug-likeness (QED) is 0.552. The molecule has 0 aliphatic heterocycles. The van der Waals surface area contributed by atoms with E-state index in [2.05, 4.69) is 9.82 Å². The Hall–Kier alpha value is -3.53. The lowest BCUT2D eigenvalue weighted by Gasteiger charge is -2.18. The average Bonchev–Trinajstić information content (AvgIpc) is 3.26. The van der Waals surface area contributed by atoms with Gasteiger partial charge in [-0.25, -0.2) is 8.99 Å². The monoisotopic (exact) mass is 444 g/mol. The van der Waals surface area contributed by atoms with Crippen LogP contribution in [0.15, 0.2) is 53.7 Å². The number of rotatable bonds is 8. The van der Waals surface area contributed by atoms with Gasteiger partial charge < -0.3 is 14.2 Å². The molecule has 0 unspecified atom stereocenters. The summed E-state index contributed by atoms with van der Waals surface area (Å²) in [7, 11) is 0.514. The molecule has 0 aliphatic carbocycles. The van der Waals surface area contributed by atoms with E-state index in [-0.39, 0.29) is 22.0 Å². The Morgan fingerprint density at radius 1 is 1.13 bits per heavy atom. The molecule has 0 bridgehead atoms. The van der Waals surface area contributed by atoms with Crippen LogP contribution in [0.4, 0.5) is 0 Å². The molecule has 10 heteroatoms. The zero-order chi connectivity index (χ0) is 22.6. The Labute approximate surface area is 181 Å². The van der Waals surface area contributed by atoms with Gasteiger partial charge in [-0.3, -0.25) is 14.2 Å². The molecule has 3 aromatic rings. The number of nitrogens with zero attached hydrogens (tertiary/aromatic N) is 2. The van der Waals surface area contributed by atoms with Gasteiger partial charge in [0.05, 0.1) is 27.9 Å². The number of carbonyl (C=O) groups excluding carboxylic acids is 1. The molecule has 0 spiro atoms. The first-order chi connectivity index (χ1) is 14.8. The molecule has 9 nitrogen and oxygen atoms in total. The Bertz CT molecular complexity index is 1190. The van der Waals surface area contributed by atoms with E-state index in [1.807, 2.05) is 12.3 Å². The molecule has 1 aromatic heterocycles. The van der Waals surface area contributed by atoms with Crippen molar-refractivity contribution in [2.24, 2.45) is 0 Å². The van der Waals surface area contributed by atoms with E-state index in [0.717, 1.165) is 5.56 Å². The predicted octanol–water partition coefficient (Wildman–Crippen LogP) is 3.02. The Morgan fingerprint density at radius 2 is 1.87 bits per heavy atom. The standard InChI is InChI=1S/C21H24N4O5S/c1-14-6-9-17(28-2)20(19(14)30-4)31(22,27)24-21(26)15-7-8-16(18(12-15)29-3)13-25-11-5-10-23-25/h5-12H,13H2,1-4H3,(H2,22,24,26,27)/t31-/m0/s1. The summed E-state index contributed by atoms with van der Waals surface area (Å²) < 4.78 is 41.7. The van der Waals surface area contributed by atoms with E-state index >= 15 is 0 Å². The van der Waals surface area contributed by atoms with Crippen LogP contribution >= 0.6 is 0 Å². The van der Waals surface area contributed by atoms with E-state index in [0.29, 0.717) is 17.9 Å². The smallest absolute Gasteiger partial charge is 0.263 e. The van der Waals surface area contributed by atoms with E-state index in [9.17, 15) is 9.00 Å². The second kappa shape index (κ2) is 9.09. The van der Waals surface area contributed by atoms with Gasteiger partial charge in [-0.1, -0.05) is 12.1 Å². The summed E-state index contributed by atoms with van der Waals surface area (Å²) in [5.74, 6) is 0.210. The highest BCUT2D eigenvalue weighted by Gasteiger charge is 2.26. The van der Waals surface area contributed by atoms with Crippen molar-refractivity contribution in [2.45, 2.75) is 18.4 Å². The number of aromatic nitrogens is 2. The lowest BCUT2D eigenvalue weighted by molar-refractivity contribution is 0.0982. The number of carbonyl (C=O) groups is 1. The minimum absolute atomic E-state index is 0.0203. The molecule has 1 amide bonds. The largest absolute Gasteiger partial charge is 0.496 e. The molecule has 1 heterocycles. The lowest BCUT2D eigenvalue weighted by atomic mass is 10.1. The molecule has 0 fully saturated rings. The van der Waals surface area contributed by atoms with Crippen LogP contribution in [-0.4, -0.2) is 41.2 Å². The molecule has 0 saturated heterocycles. The van der Waals surface area contributed by atoms with Gasteiger partial charge >= 0.3 is 0 Å². The topological polar surface area (TPSA) is 116 Å². The van der Waals surface area contributed by atoms with Crippen LogP contribution < -0.4 is 18.9 Å². The number of hydrogen-bond donors (Lipinski definition) is 2. The Morgan fingerprint density at radius 3 is 2.48 bits per heavy atom. The molecule has 0 saturated carbocycles. The predicted molar refractivity (Wildman–Crippen MR) is 115 cm³/mol. The maximum Gasteiger partial charge on any atom is 0.263 e. The van der Waals surface area contributed by atoms with Crippen molar-refractivity contribution in [1.82, 2.24) is 14.5 Å². The third kappa shape index (κ3) is 4.64. The first-order valence-corrected chi connectivity index (χ1v) is 10.8. The number of nitrogens with one attached hydrogen (secondary N) is 2.